The van der Waals surface area contributed by atoms with Crippen LogP contribution in [0.2, 0.25) is 0 Å². The summed E-state index contributed by atoms with van der Waals surface area (Å²) in [7, 11) is 1.57. The molecular formula is C30H23N5O3. The highest BCUT2D eigenvalue weighted by Gasteiger charge is 2.16. The lowest BCUT2D eigenvalue weighted by Crippen LogP contribution is -2.19. The Balaban J connectivity index is 1.38. The van der Waals surface area contributed by atoms with Crippen LogP contribution in [0.4, 0.5) is 11.4 Å². The fraction of sp³-hybridized carbons (Fsp3) is 0.0667. The molecule has 0 unspecified atom stereocenters. The second-order valence-corrected chi connectivity index (χ2v) is 8.51. The van der Waals surface area contributed by atoms with Crippen LogP contribution in [0, 0.1) is 11.3 Å². The maximum Gasteiger partial charge on any atom is 0.255 e. The summed E-state index contributed by atoms with van der Waals surface area (Å²) in [5.41, 5.74) is 4.58. The fourth-order valence-corrected chi connectivity index (χ4v) is 4.10. The number of hydrogen-bond acceptors (Lipinski definition) is 5. The Hall–Kier alpha value is -5.42. The summed E-state index contributed by atoms with van der Waals surface area (Å²) in [6.07, 6.45) is 0. The third-order valence-electron chi connectivity index (χ3n) is 5.99. The molecule has 8 heteroatoms. The van der Waals surface area contributed by atoms with Gasteiger partial charge >= 0.3 is 0 Å². The van der Waals surface area contributed by atoms with Gasteiger partial charge in [-0.1, -0.05) is 30.3 Å². The molecular weight excluding hydrogens is 478 g/mol. The molecule has 1 aromatic heterocycles. The minimum absolute atomic E-state index is 0.0356. The molecule has 0 fully saturated rings. The summed E-state index contributed by atoms with van der Waals surface area (Å²) in [6, 6.07) is 30.6. The first kappa shape index (κ1) is 24.3. The number of methoxy groups -OCH3 is 1. The van der Waals surface area contributed by atoms with Crippen LogP contribution in [0.25, 0.3) is 22.4 Å². The molecule has 0 atom stereocenters. The first-order chi connectivity index (χ1) is 18.5. The van der Waals surface area contributed by atoms with Crippen molar-refractivity contribution in [2.75, 3.05) is 17.7 Å². The third kappa shape index (κ3) is 5.22. The van der Waals surface area contributed by atoms with Gasteiger partial charge in [0.1, 0.15) is 18.1 Å². The van der Waals surface area contributed by atoms with Crippen LogP contribution in [0.1, 0.15) is 15.9 Å². The number of fused-ring (bicyclic) bond motifs is 1. The standard InChI is InChI=1S/C30H23N5O3/c1-38-25-6-4-5-24(17-25)33-30(37)22-13-11-21(12-14-22)29-34-26-7-2-3-8-27(26)35(29)19-28(36)32-23-15-9-20(18-31)10-16-23/h2-17H,19H2,1H3,(H,32,36)(H,33,37). The van der Waals surface area contributed by atoms with E-state index in [4.69, 9.17) is 15.0 Å². The number of carbonyl (C=O) groups is 2. The normalized spacial score (nSPS) is 10.5. The van der Waals surface area contributed by atoms with Gasteiger partial charge in [0, 0.05) is 28.6 Å². The van der Waals surface area contributed by atoms with Crippen LogP contribution in [0.5, 0.6) is 5.75 Å². The second kappa shape index (κ2) is 10.7. The number of amides is 2. The quantitative estimate of drug-likeness (QED) is 0.307. The van der Waals surface area contributed by atoms with Gasteiger partial charge in [-0.05, 0) is 60.7 Å². The van der Waals surface area contributed by atoms with Crippen LogP contribution in [0.15, 0.2) is 97.1 Å². The Kier molecular flexibility index (Phi) is 6.83. The average Bonchev–Trinajstić information content (AvgIpc) is 3.31. The van der Waals surface area contributed by atoms with Crippen molar-refractivity contribution in [1.29, 1.82) is 5.26 Å². The summed E-state index contributed by atoms with van der Waals surface area (Å²) < 4.78 is 7.06. The molecule has 1 heterocycles. The van der Waals surface area contributed by atoms with Crippen LogP contribution >= 0.6 is 0 Å². The molecule has 2 amide bonds. The Labute approximate surface area is 219 Å². The predicted octanol–water partition coefficient (Wildman–Crippen LogP) is 5.47. The van der Waals surface area contributed by atoms with E-state index in [1.165, 1.54) is 0 Å². The van der Waals surface area contributed by atoms with Crippen LogP contribution < -0.4 is 15.4 Å². The summed E-state index contributed by atoms with van der Waals surface area (Å²) in [5.74, 6) is 0.787. The molecule has 0 aliphatic heterocycles. The lowest BCUT2D eigenvalue weighted by molar-refractivity contribution is -0.116. The summed E-state index contributed by atoms with van der Waals surface area (Å²) in [5, 5.41) is 14.7. The zero-order valence-electron chi connectivity index (χ0n) is 20.5. The summed E-state index contributed by atoms with van der Waals surface area (Å²) >= 11 is 0. The van der Waals surface area contributed by atoms with Crippen molar-refractivity contribution in [3.05, 3.63) is 108 Å². The zero-order valence-corrected chi connectivity index (χ0v) is 20.5. The minimum Gasteiger partial charge on any atom is -0.497 e. The number of nitrogens with one attached hydrogen (secondary N) is 2. The third-order valence-corrected chi connectivity index (χ3v) is 5.99. The minimum atomic E-state index is -0.250. The van der Waals surface area contributed by atoms with Crippen molar-refractivity contribution >= 4 is 34.2 Å². The van der Waals surface area contributed by atoms with E-state index in [9.17, 15) is 9.59 Å². The van der Waals surface area contributed by atoms with Crippen molar-refractivity contribution in [3.8, 4) is 23.2 Å². The number of ether oxygens (including phenoxy) is 1. The van der Waals surface area contributed by atoms with E-state index in [1.54, 1.807) is 67.8 Å². The Bertz CT molecular complexity index is 1670. The average molecular weight is 502 g/mol. The summed E-state index contributed by atoms with van der Waals surface area (Å²) in [4.78, 5) is 30.5. The summed E-state index contributed by atoms with van der Waals surface area (Å²) in [6.45, 7) is 0.0356. The monoisotopic (exact) mass is 501 g/mol. The van der Waals surface area contributed by atoms with Crippen molar-refractivity contribution in [2.45, 2.75) is 6.54 Å². The smallest absolute Gasteiger partial charge is 0.255 e. The fourth-order valence-electron chi connectivity index (χ4n) is 4.10. The molecule has 5 rings (SSSR count). The number of carbonyl (C=O) groups excluding carboxylic acids is 2. The molecule has 0 spiro atoms. The Morgan fingerprint density at radius 1 is 0.895 bits per heavy atom. The molecule has 0 aliphatic carbocycles. The maximum atomic E-state index is 12.9. The number of imidazole rings is 1. The molecule has 38 heavy (non-hydrogen) atoms. The number of hydrogen-bond donors (Lipinski definition) is 2. The Morgan fingerprint density at radius 3 is 2.39 bits per heavy atom. The molecule has 186 valence electrons. The van der Waals surface area contributed by atoms with Gasteiger partial charge < -0.3 is 19.9 Å². The predicted molar refractivity (Wildman–Crippen MR) is 146 cm³/mol. The van der Waals surface area contributed by atoms with Gasteiger partial charge in [0.05, 0.1) is 29.8 Å². The van der Waals surface area contributed by atoms with E-state index in [1.807, 2.05) is 41.0 Å². The SMILES string of the molecule is COc1cccc(NC(=O)c2ccc(-c3nc4ccccc4n3CC(=O)Nc3ccc(C#N)cc3)cc2)c1. The van der Waals surface area contributed by atoms with Crippen molar-refractivity contribution in [1.82, 2.24) is 9.55 Å². The van der Waals surface area contributed by atoms with Crippen molar-refractivity contribution in [3.63, 3.8) is 0 Å². The molecule has 4 aromatic carbocycles. The number of aromatic nitrogens is 2. The number of nitriles is 1. The topological polar surface area (TPSA) is 109 Å². The highest BCUT2D eigenvalue weighted by Crippen LogP contribution is 2.26. The molecule has 2 N–H and O–H groups in total. The number of nitrogens with zero attached hydrogens (tertiary/aromatic N) is 3. The molecule has 8 nitrogen and oxygen atoms in total. The number of para-hydroxylation sites is 2. The first-order valence-corrected chi connectivity index (χ1v) is 11.8. The van der Waals surface area contributed by atoms with E-state index >= 15 is 0 Å². The molecule has 0 saturated carbocycles. The second-order valence-electron chi connectivity index (χ2n) is 8.51. The molecule has 5 aromatic rings. The molecule has 0 bridgehead atoms. The molecule has 0 saturated heterocycles. The van der Waals surface area contributed by atoms with E-state index < -0.39 is 0 Å². The zero-order chi connectivity index (χ0) is 26.5. The van der Waals surface area contributed by atoms with Crippen molar-refractivity contribution in [2.24, 2.45) is 0 Å². The number of anilines is 2. The van der Waals surface area contributed by atoms with Gasteiger partial charge in [-0.2, -0.15) is 5.26 Å². The highest BCUT2D eigenvalue weighted by molar-refractivity contribution is 6.04. The van der Waals surface area contributed by atoms with Crippen LogP contribution in [0.3, 0.4) is 0 Å². The van der Waals surface area contributed by atoms with E-state index in [0.717, 1.165) is 16.6 Å². The van der Waals surface area contributed by atoms with E-state index in [2.05, 4.69) is 16.7 Å². The molecule has 0 aliphatic rings. The van der Waals surface area contributed by atoms with Gasteiger partial charge in [-0.15, -0.1) is 0 Å². The van der Waals surface area contributed by atoms with Gasteiger partial charge in [0.25, 0.3) is 5.91 Å². The largest absolute Gasteiger partial charge is 0.497 e. The lowest BCUT2D eigenvalue weighted by Gasteiger charge is -2.11. The van der Waals surface area contributed by atoms with Gasteiger partial charge in [0.15, 0.2) is 0 Å². The van der Waals surface area contributed by atoms with Crippen molar-refractivity contribution < 1.29 is 14.3 Å². The molecule has 0 radical (unpaired) electrons. The highest BCUT2D eigenvalue weighted by atomic mass is 16.5. The van der Waals surface area contributed by atoms with E-state index in [0.29, 0.717) is 34.1 Å². The lowest BCUT2D eigenvalue weighted by atomic mass is 10.1. The van der Waals surface area contributed by atoms with Crippen LogP contribution in [-0.2, 0) is 11.3 Å². The van der Waals surface area contributed by atoms with Gasteiger partial charge in [-0.3, -0.25) is 9.59 Å². The maximum absolute atomic E-state index is 12.9. The number of benzene rings is 4. The Morgan fingerprint density at radius 2 is 1.66 bits per heavy atom. The van der Waals surface area contributed by atoms with Gasteiger partial charge in [0.2, 0.25) is 5.91 Å². The van der Waals surface area contributed by atoms with Crippen LogP contribution in [-0.4, -0.2) is 28.5 Å². The first-order valence-electron chi connectivity index (χ1n) is 11.8. The van der Waals surface area contributed by atoms with E-state index in [-0.39, 0.29) is 18.4 Å². The van der Waals surface area contributed by atoms with Gasteiger partial charge in [-0.25, -0.2) is 4.98 Å². The number of rotatable bonds is 7.